The van der Waals surface area contributed by atoms with Crippen molar-refractivity contribution >= 4 is 16.7 Å². The van der Waals surface area contributed by atoms with Crippen LogP contribution in [0.5, 0.6) is 0 Å². The molecule has 0 bridgehead atoms. The molecule has 3 nitrogen and oxygen atoms in total. The number of ether oxygens (including phenoxy) is 1. The molecule has 0 aliphatic carbocycles. The van der Waals surface area contributed by atoms with Gasteiger partial charge < -0.3 is 4.74 Å². The number of fused-ring (bicyclic) bond motifs is 1. The molecule has 1 heterocycles. The molecule has 3 heteroatoms. The molecule has 1 aromatic carbocycles. The van der Waals surface area contributed by atoms with Crippen molar-refractivity contribution < 1.29 is 9.53 Å². The van der Waals surface area contributed by atoms with Gasteiger partial charge in [-0.15, -0.1) is 0 Å². The van der Waals surface area contributed by atoms with Crippen LogP contribution in [0.3, 0.4) is 0 Å². The maximum absolute atomic E-state index is 11.8. The number of esters is 1. The van der Waals surface area contributed by atoms with Crippen molar-refractivity contribution in [3.63, 3.8) is 0 Å². The molecule has 2 aromatic rings. The lowest BCUT2D eigenvalue weighted by Gasteiger charge is -2.08. The predicted octanol–water partition coefficient (Wildman–Crippen LogP) is 2.72. The minimum atomic E-state index is -0.302. The average Bonchev–Trinajstić information content (AvgIpc) is 2.29. The predicted molar refractivity (Wildman–Crippen MR) is 62.4 cm³/mol. The molecule has 0 radical (unpaired) electrons. The number of rotatable bonds is 2. The summed E-state index contributed by atoms with van der Waals surface area (Å²) in [6.07, 6.45) is 1.77. The topological polar surface area (TPSA) is 39.2 Å². The van der Waals surface area contributed by atoms with E-state index in [1.54, 1.807) is 13.1 Å². The summed E-state index contributed by atoms with van der Waals surface area (Å²) in [6.45, 7) is 3.99. The number of nitrogens with zero attached hydrogens (tertiary/aromatic N) is 1. The van der Waals surface area contributed by atoms with Crippen molar-refractivity contribution in [3.8, 4) is 0 Å². The molecule has 0 spiro atoms. The second kappa shape index (κ2) is 4.31. The highest BCUT2D eigenvalue weighted by atomic mass is 16.5. The fourth-order valence-corrected chi connectivity index (χ4v) is 1.72. The van der Waals surface area contributed by atoms with Gasteiger partial charge in [0, 0.05) is 11.6 Å². The summed E-state index contributed by atoms with van der Waals surface area (Å²) in [4.78, 5) is 16.0. The molecule has 0 N–H and O–H groups in total. The summed E-state index contributed by atoms with van der Waals surface area (Å²) in [5.41, 5.74) is 1.28. The third-order valence-corrected chi connectivity index (χ3v) is 2.47. The number of benzene rings is 1. The number of pyridine rings is 1. The van der Waals surface area contributed by atoms with Crippen molar-refractivity contribution in [2.75, 3.05) is 6.61 Å². The van der Waals surface area contributed by atoms with Crippen LogP contribution in [-0.2, 0) is 4.74 Å². The Kier molecular flexibility index (Phi) is 2.86. The van der Waals surface area contributed by atoms with Crippen molar-refractivity contribution in [3.05, 3.63) is 41.7 Å². The van der Waals surface area contributed by atoms with Crippen LogP contribution in [0.25, 0.3) is 10.8 Å². The average molecular weight is 215 g/mol. The fourth-order valence-electron chi connectivity index (χ4n) is 1.72. The largest absolute Gasteiger partial charge is 0.462 e. The SMILES string of the molecule is CCOC(=O)c1c(C)ncc2ccccc12. The highest BCUT2D eigenvalue weighted by molar-refractivity contribution is 6.05. The molecule has 0 saturated carbocycles. The van der Waals surface area contributed by atoms with Crippen LogP contribution < -0.4 is 0 Å². The van der Waals surface area contributed by atoms with Crippen LogP contribution >= 0.6 is 0 Å². The Morgan fingerprint density at radius 1 is 1.38 bits per heavy atom. The molecular weight excluding hydrogens is 202 g/mol. The third-order valence-electron chi connectivity index (χ3n) is 2.47. The van der Waals surface area contributed by atoms with Gasteiger partial charge in [-0.05, 0) is 19.2 Å². The van der Waals surface area contributed by atoms with Crippen molar-refractivity contribution in [2.45, 2.75) is 13.8 Å². The normalized spacial score (nSPS) is 10.4. The molecular formula is C13H13NO2. The molecule has 0 amide bonds. The molecule has 16 heavy (non-hydrogen) atoms. The van der Waals surface area contributed by atoms with Gasteiger partial charge in [0.05, 0.1) is 17.9 Å². The number of carbonyl (C=O) groups is 1. The minimum absolute atomic E-state index is 0.302. The van der Waals surface area contributed by atoms with Crippen LogP contribution in [0.4, 0.5) is 0 Å². The zero-order valence-corrected chi connectivity index (χ0v) is 9.36. The Balaban J connectivity index is 2.66. The van der Waals surface area contributed by atoms with E-state index >= 15 is 0 Å². The lowest BCUT2D eigenvalue weighted by Crippen LogP contribution is -2.08. The summed E-state index contributed by atoms with van der Waals surface area (Å²) in [5, 5.41) is 1.85. The Morgan fingerprint density at radius 3 is 2.88 bits per heavy atom. The van der Waals surface area contributed by atoms with E-state index in [1.807, 2.05) is 31.2 Å². The van der Waals surface area contributed by atoms with Gasteiger partial charge >= 0.3 is 5.97 Å². The fraction of sp³-hybridized carbons (Fsp3) is 0.231. The summed E-state index contributed by atoms with van der Waals surface area (Å²) >= 11 is 0. The molecule has 0 saturated heterocycles. The first-order chi connectivity index (χ1) is 7.74. The molecule has 0 aliphatic rings. The van der Waals surface area contributed by atoms with Crippen molar-refractivity contribution in [2.24, 2.45) is 0 Å². The second-order valence-electron chi connectivity index (χ2n) is 3.53. The summed E-state index contributed by atoms with van der Waals surface area (Å²) < 4.78 is 5.04. The van der Waals surface area contributed by atoms with Crippen LogP contribution in [0, 0.1) is 6.92 Å². The van der Waals surface area contributed by atoms with E-state index in [4.69, 9.17) is 4.74 Å². The van der Waals surface area contributed by atoms with E-state index in [2.05, 4.69) is 4.98 Å². The number of hydrogen-bond donors (Lipinski definition) is 0. The highest BCUT2D eigenvalue weighted by Crippen LogP contribution is 2.20. The monoisotopic (exact) mass is 215 g/mol. The minimum Gasteiger partial charge on any atom is -0.462 e. The zero-order chi connectivity index (χ0) is 11.5. The van der Waals surface area contributed by atoms with Gasteiger partial charge in [-0.3, -0.25) is 4.98 Å². The summed E-state index contributed by atoms with van der Waals surface area (Å²) in [5.74, 6) is -0.302. The van der Waals surface area contributed by atoms with E-state index in [-0.39, 0.29) is 5.97 Å². The molecule has 82 valence electrons. The number of aryl methyl sites for hydroxylation is 1. The molecule has 0 fully saturated rings. The highest BCUT2D eigenvalue weighted by Gasteiger charge is 2.14. The van der Waals surface area contributed by atoms with Gasteiger partial charge in [0.25, 0.3) is 0 Å². The van der Waals surface area contributed by atoms with E-state index in [1.165, 1.54) is 0 Å². The van der Waals surface area contributed by atoms with Gasteiger partial charge in [-0.1, -0.05) is 24.3 Å². The number of carbonyl (C=O) groups excluding carboxylic acids is 1. The van der Waals surface area contributed by atoms with Gasteiger partial charge in [-0.25, -0.2) is 4.79 Å². The first kappa shape index (κ1) is 10.6. The maximum atomic E-state index is 11.8. The molecule has 0 atom stereocenters. The lowest BCUT2D eigenvalue weighted by molar-refractivity contribution is 0.0527. The number of hydrogen-bond acceptors (Lipinski definition) is 3. The first-order valence-electron chi connectivity index (χ1n) is 5.25. The number of aromatic nitrogens is 1. The molecule has 2 rings (SSSR count). The van der Waals surface area contributed by atoms with E-state index in [0.29, 0.717) is 17.9 Å². The van der Waals surface area contributed by atoms with Crippen LogP contribution in [0.2, 0.25) is 0 Å². The zero-order valence-electron chi connectivity index (χ0n) is 9.36. The van der Waals surface area contributed by atoms with Crippen molar-refractivity contribution in [1.82, 2.24) is 4.98 Å². The Labute approximate surface area is 94.1 Å². The van der Waals surface area contributed by atoms with Gasteiger partial charge in [0.1, 0.15) is 0 Å². The van der Waals surface area contributed by atoms with Gasteiger partial charge in [-0.2, -0.15) is 0 Å². The lowest BCUT2D eigenvalue weighted by atomic mass is 10.1. The van der Waals surface area contributed by atoms with Gasteiger partial charge in [0.15, 0.2) is 0 Å². The Bertz CT molecular complexity index is 534. The third kappa shape index (κ3) is 1.76. The van der Waals surface area contributed by atoms with Crippen molar-refractivity contribution in [1.29, 1.82) is 0 Å². The first-order valence-corrected chi connectivity index (χ1v) is 5.25. The van der Waals surface area contributed by atoms with E-state index in [0.717, 1.165) is 10.8 Å². The maximum Gasteiger partial charge on any atom is 0.340 e. The Hall–Kier alpha value is -1.90. The van der Waals surface area contributed by atoms with E-state index < -0.39 is 0 Å². The van der Waals surface area contributed by atoms with E-state index in [9.17, 15) is 4.79 Å². The summed E-state index contributed by atoms with van der Waals surface area (Å²) in [7, 11) is 0. The standard InChI is InChI=1S/C13H13NO2/c1-3-16-13(15)12-9(2)14-8-10-6-4-5-7-11(10)12/h4-8H,3H2,1-2H3. The quantitative estimate of drug-likeness (QED) is 0.723. The van der Waals surface area contributed by atoms with Crippen LogP contribution in [0.15, 0.2) is 30.5 Å². The molecule has 0 unspecified atom stereocenters. The van der Waals surface area contributed by atoms with Gasteiger partial charge in [0.2, 0.25) is 0 Å². The second-order valence-corrected chi connectivity index (χ2v) is 3.53. The van der Waals surface area contributed by atoms with Crippen LogP contribution in [0.1, 0.15) is 23.0 Å². The summed E-state index contributed by atoms with van der Waals surface area (Å²) in [6, 6.07) is 7.68. The molecule has 1 aromatic heterocycles. The smallest absolute Gasteiger partial charge is 0.340 e. The van der Waals surface area contributed by atoms with Crippen LogP contribution in [-0.4, -0.2) is 17.6 Å². The molecule has 0 aliphatic heterocycles. The Morgan fingerprint density at radius 2 is 2.12 bits per heavy atom.